The van der Waals surface area contributed by atoms with Crippen molar-refractivity contribution in [1.82, 2.24) is 15.2 Å². The number of nitrogens with one attached hydrogen (secondary N) is 1. The van der Waals surface area contributed by atoms with Gasteiger partial charge in [0.1, 0.15) is 11.9 Å². The molecule has 0 aliphatic rings. The lowest BCUT2D eigenvalue weighted by Gasteiger charge is -2.17. The van der Waals surface area contributed by atoms with Crippen LogP contribution >= 0.6 is 23.2 Å². The van der Waals surface area contributed by atoms with E-state index in [1.807, 2.05) is 55.5 Å². The van der Waals surface area contributed by atoms with Crippen LogP contribution in [0.2, 0.25) is 10.0 Å². The average molecular weight is 439 g/mol. The molecule has 3 N–H and O–H groups in total. The van der Waals surface area contributed by atoms with Crippen molar-refractivity contribution >= 4 is 46.3 Å². The lowest BCUT2D eigenvalue weighted by molar-refractivity contribution is 0.227. The van der Waals surface area contributed by atoms with E-state index < -0.39 is 0 Å². The van der Waals surface area contributed by atoms with Crippen LogP contribution in [-0.2, 0) is 6.54 Å². The number of hydrogen-bond donors (Lipinski definition) is 2. The fourth-order valence-electron chi connectivity index (χ4n) is 3.29. The SMILES string of the molecule is C[C@@H](Oc1ccc2[nH]nc(/C=C/c3cccc(CN)c3)c2c1)c1c(Cl)cncc1Cl. The van der Waals surface area contributed by atoms with E-state index in [4.69, 9.17) is 33.7 Å². The van der Waals surface area contributed by atoms with Gasteiger partial charge in [-0.15, -0.1) is 0 Å². The third kappa shape index (κ3) is 4.33. The first-order chi connectivity index (χ1) is 14.5. The Bertz CT molecular complexity index is 1200. The highest BCUT2D eigenvalue weighted by Crippen LogP contribution is 2.33. The van der Waals surface area contributed by atoms with Crippen LogP contribution in [0.25, 0.3) is 23.1 Å². The molecule has 4 aromatic rings. The Morgan fingerprint density at radius 2 is 1.90 bits per heavy atom. The van der Waals surface area contributed by atoms with Gasteiger partial charge < -0.3 is 10.5 Å². The van der Waals surface area contributed by atoms with E-state index in [2.05, 4.69) is 21.2 Å². The summed E-state index contributed by atoms with van der Waals surface area (Å²) in [4.78, 5) is 3.99. The second-order valence-electron chi connectivity index (χ2n) is 6.88. The van der Waals surface area contributed by atoms with Crippen molar-refractivity contribution < 1.29 is 4.74 Å². The number of nitrogens with zero attached hydrogens (tertiary/aromatic N) is 2. The van der Waals surface area contributed by atoms with Crippen molar-refractivity contribution in [2.75, 3.05) is 0 Å². The Morgan fingerprint density at radius 3 is 2.67 bits per heavy atom. The van der Waals surface area contributed by atoms with Gasteiger partial charge in [-0.2, -0.15) is 5.10 Å². The molecule has 4 rings (SSSR count). The van der Waals surface area contributed by atoms with E-state index in [0.29, 0.717) is 27.9 Å². The molecule has 0 saturated heterocycles. The fraction of sp³-hybridized carbons (Fsp3) is 0.130. The maximum atomic E-state index is 6.26. The summed E-state index contributed by atoms with van der Waals surface area (Å²) in [5.41, 5.74) is 10.3. The minimum absolute atomic E-state index is 0.338. The molecule has 1 atom stereocenters. The Hall–Kier alpha value is -2.86. The molecule has 2 heterocycles. The summed E-state index contributed by atoms with van der Waals surface area (Å²) in [5, 5.41) is 9.37. The zero-order chi connectivity index (χ0) is 21.1. The molecule has 0 radical (unpaired) electrons. The van der Waals surface area contributed by atoms with Crippen LogP contribution in [0.5, 0.6) is 5.75 Å². The lowest BCUT2D eigenvalue weighted by atomic mass is 10.1. The number of aromatic nitrogens is 3. The molecule has 0 fully saturated rings. The first kappa shape index (κ1) is 20.4. The molecular formula is C23H20Cl2N4O. The van der Waals surface area contributed by atoms with Gasteiger partial charge in [0.15, 0.2) is 0 Å². The van der Waals surface area contributed by atoms with Gasteiger partial charge >= 0.3 is 0 Å². The first-order valence-corrected chi connectivity index (χ1v) is 10.2. The van der Waals surface area contributed by atoms with Crippen LogP contribution < -0.4 is 10.5 Å². The minimum atomic E-state index is -0.338. The van der Waals surface area contributed by atoms with E-state index in [1.165, 1.54) is 0 Å². The van der Waals surface area contributed by atoms with Crippen LogP contribution in [0.1, 0.15) is 35.4 Å². The van der Waals surface area contributed by atoms with Crippen LogP contribution in [-0.4, -0.2) is 15.2 Å². The second-order valence-corrected chi connectivity index (χ2v) is 7.69. The van der Waals surface area contributed by atoms with Gasteiger partial charge in [-0.3, -0.25) is 10.1 Å². The molecule has 0 aliphatic carbocycles. The molecule has 152 valence electrons. The number of hydrogen-bond acceptors (Lipinski definition) is 4. The summed E-state index contributed by atoms with van der Waals surface area (Å²) in [7, 11) is 0. The van der Waals surface area contributed by atoms with Crippen molar-refractivity contribution in [2.45, 2.75) is 19.6 Å². The lowest BCUT2D eigenvalue weighted by Crippen LogP contribution is -2.05. The van der Waals surface area contributed by atoms with Crippen LogP contribution in [0, 0.1) is 0 Å². The summed E-state index contributed by atoms with van der Waals surface area (Å²) >= 11 is 12.5. The van der Waals surface area contributed by atoms with Crippen molar-refractivity contribution in [3.8, 4) is 5.75 Å². The zero-order valence-corrected chi connectivity index (χ0v) is 17.8. The second kappa shape index (κ2) is 8.88. The standard InChI is InChI=1S/C23H20Cl2N4O/c1-14(23-19(24)12-27-13-20(23)25)30-17-6-8-22-18(10-17)21(28-29-22)7-5-15-3-2-4-16(9-15)11-26/h2-10,12-14H,11,26H2,1H3,(H,28,29)/b7-5+/t14-/m1/s1. The molecule has 30 heavy (non-hydrogen) atoms. The van der Waals surface area contributed by atoms with Crippen molar-refractivity contribution in [3.05, 3.63) is 87.3 Å². The van der Waals surface area contributed by atoms with Crippen LogP contribution in [0.4, 0.5) is 0 Å². The van der Waals surface area contributed by atoms with Gasteiger partial charge in [0.05, 0.1) is 21.3 Å². The molecule has 2 aromatic heterocycles. The highest BCUT2D eigenvalue weighted by atomic mass is 35.5. The molecule has 0 amide bonds. The van der Waals surface area contributed by atoms with Gasteiger partial charge in [0, 0.05) is 29.9 Å². The van der Waals surface area contributed by atoms with Gasteiger partial charge in [-0.1, -0.05) is 53.5 Å². The van der Waals surface area contributed by atoms with E-state index in [-0.39, 0.29) is 6.10 Å². The summed E-state index contributed by atoms with van der Waals surface area (Å²) < 4.78 is 6.11. The highest BCUT2D eigenvalue weighted by Gasteiger charge is 2.16. The molecule has 0 saturated carbocycles. The maximum Gasteiger partial charge on any atom is 0.124 e. The normalized spacial score (nSPS) is 12.5. The van der Waals surface area contributed by atoms with E-state index >= 15 is 0 Å². The van der Waals surface area contributed by atoms with Crippen molar-refractivity contribution in [2.24, 2.45) is 5.73 Å². The smallest absolute Gasteiger partial charge is 0.124 e. The van der Waals surface area contributed by atoms with Crippen molar-refractivity contribution in [1.29, 1.82) is 0 Å². The number of rotatable bonds is 6. The third-order valence-corrected chi connectivity index (χ3v) is 5.40. The third-order valence-electron chi connectivity index (χ3n) is 4.79. The number of nitrogens with two attached hydrogens (primary N) is 1. The average Bonchev–Trinajstić information content (AvgIpc) is 3.14. The number of pyridine rings is 1. The molecule has 7 heteroatoms. The Balaban J connectivity index is 1.60. The maximum absolute atomic E-state index is 6.26. The van der Waals surface area contributed by atoms with Crippen LogP contribution in [0.15, 0.2) is 54.9 Å². The summed E-state index contributed by atoms with van der Waals surface area (Å²) in [5.74, 6) is 0.695. The van der Waals surface area contributed by atoms with E-state index in [0.717, 1.165) is 27.7 Å². The van der Waals surface area contributed by atoms with Crippen molar-refractivity contribution in [3.63, 3.8) is 0 Å². The number of H-pyrrole nitrogens is 1. The molecule has 5 nitrogen and oxygen atoms in total. The molecule has 0 bridgehead atoms. The zero-order valence-electron chi connectivity index (χ0n) is 16.3. The predicted octanol–water partition coefficient (Wildman–Crippen LogP) is 6.03. The molecule has 0 spiro atoms. The highest BCUT2D eigenvalue weighted by molar-refractivity contribution is 6.35. The molecule has 0 aliphatic heterocycles. The van der Waals surface area contributed by atoms with E-state index in [9.17, 15) is 0 Å². The predicted molar refractivity (Wildman–Crippen MR) is 123 cm³/mol. The number of benzene rings is 2. The quantitative estimate of drug-likeness (QED) is 0.384. The monoisotopic (exact) mass is 438 g/mol. The topological polar surface area (TPSA) is 76.8 Å². The molecular weight excluding hydrogens is 419 g/mol. The largest absolute Gasteiger partial charge is 0.486 e. The van der Waals surface area contributed by atoms with Gasteiger partial charge in [-0.05, 0) is 42.3 Å². The first-order valence-electron chi connectivity index (χ1n) is 9.46. The number of ether oxygens (including phenoxy) is 1. The molecule has 0 unspecified atom stereocenters. The summed E-state index contributed by atoms with van der Waals surface area (Å²) in [6.45, 7) is 2.41. The van der Waals surface area contributed by atoms with Gasteiger partial charge in [0.2, 0.25) is 0 Å². The molecule has 2 aromatic carbocycles. The number of halogens is 2. The number of aromatic amines is 1. The van der Waals surface area contributed by atoms with Crippen LogP contribution in [0.3, 0.4) is 0 Å². The Kier molecular flexibility index (Phi) is 6.04. The van der Waals surface area contributed by atoms with E-state index in [1.54, 1.807) is 12.4 Å². The number of fused-ring (bicyclic) bond motifs is 1. The summed E-state index contributed by atoms with van der Waals surface area (Å²) in [6.07, 6.45) is 6.77. The fourth-order valence-corrected chi connectivity index (χ4v) is 3.96. The Labute approximate surface area is 184 Å². The minimum Gasteiger partial charge on any atom is -0.486 e. The Morgan fingerprint density at radius 1 is 1.10 bits per heavy atom. The summed E-state index contributed by atoms with van der Waals surface area (Å²) in [6, 6.07) is 13.9. The van der Waals surface area contributed by atoms with Gasteiger partial charge in [-0.25, -0.2) is 0 Å². The van der Waals surface area contributed by atoms with Gasteiger partial charge in [0.25, 0.3) is 0 Å².